The van der Waals surface area contributed by atoms with Crippen LogP contribution in [0, 0.1) is 0 Å². The number of rotatable bonds is 3. The van der Waals surface area contributed by atoms with Gasteiger partial charge in [0.15, 0.2) is 0 Å². The molecule has 2 rings (SSSR count). The van der Waals surface area contributed by atoms with Crippen molar-refractivity contribution in [3.05, 3.63) is 42.2 Å². The molecule has 0 saturated carbocycles. The molecule has 3 nitrogen and oxygen atoms in total. The van der Waals surface area contributed by atoms with Crippen molar-refractivity contribution in [1.29, 1.82) is 0 Å². The molecule has 20 heavy (non-hydrogen) atoms. The largest absolute Gasteiger partial charge is 0.433 e. The maximum atomic E-state index is 12.6. The van der Waals surface area contributed by atoms with Gasteiger partial charge in [0.2, 0.25) is 0 Å². The van der Waals surface area contributed by atoms with Crippen molar-refractivity contribution >= 4 is 28.8 Å². The number of hydrogen-bond donors (Lipinski definition) is 2. The highest BCUT2D eigenvalue weighted by atomic mass is 32.2. The minimum Gasteiger partial charge on any atom is -0.396 e. The summed E-state index contributed by atoms with van der Waals surface area (Å²) in [5.74, 6) is 0. The quantitative estimate of drug-likeness (QED) is 0.836. The first-order chi connectivity index (χ1) is 9.40. The van der Waals surface area contributed by atoms with Crippen LogP contribution < -0.4 is 11.1 Å². The predicted octanol–water partition coefficient (Wildman–Crippen LogP) is 4.15. The number of hydrogen-bond acceptors (Lipinski definition) is 4. The minimum absolute atomic E-state index is 0.159. The second-order valence-electron chi connectivity index (χ2n) is 4.01. The van der Waals surface area contributed by atoms with Crippen molar-refractivity contribution < 1.29 is 13.2 Å². The van der Waals surface area contributed by atoms with E-state index in [0.29, 0.717) is 5.69 Å². The Morgan fingerprint density at radius 2 is 1.85 bits per heavy atom. The van der Waals surface area contributed by atoms with Crippen LogP contribution in [0.4, 0.5) is 30.2 Å². The molecule has 106 valence electrons. The van der Waals surface area contributed by atoms with Gasteiger partial charge in [0.25, 0.3) is 0 Å². The van der Waals surface area contributed by atoms with Gasteiger partial charge in [0.05, 0.1) is 17.6 Å². The molecule has 0 aliphatic rings. The Morgan fingerprint density at radius 1 is 1.20 bits per heavy atom. The normalized spacial score (nSPS) is 11.4. The molecule has 0 fully saturated rings. The lowest BCUT2D eigenvalue weighted by molar-refractivity contribution is -0.141. The molecule has 1 aromatic heterocycles. The van der Waals surface area contributed by atoms with Gasteiger partial charge in [-0.1, -0.05) is 0 Å². The fraction of sp³-hybridized carbons (Fsp3) is 0.154. The predicted molar refractivity (Wildman–Crippen MR) is 75.2 cm³/mol. The number of nitrogens with one attached hydrogen (secondary N) is 1. The van der Waals surface area contributed by atoms with Crippen molar-refractivity contribution in [2.45, 2.75) is 11.1 Å². The molecule has 0 amide bonds. The van der Waals surface area contributed by atoms with Gasteiger partial charge in [-0.15, -0.1) is 11.8 Å². The van der Waals surface area contributed by atoms with Crippen molar-refractivity contribution in [2.24, 2.45) is 0 Å². The van der Waals surface area contributed by atoms with Crippen molar-refractivity contribution in [2.75, 3.05) is 17.3 Å². The van der Waals surface area contributed by atoms with Gasteiger partial charge < -0.3 is 11.1 Å². The number of halogens is 3. The molecule has 0 unspecified atom stereocenters. The highest BCUT2D eigenvalue weighted by molar-refractivity contribution is 7.98. The number of benzene rings is 1. The van der Waals surface area contributed by atoms with E-state index >= 15 is 0 Å². The molecule has 1 heterocycles. The lowest BCUT2D eigenvalue weighted by atomic mass is 10.2. The van der Waals surface area contributed by atoms with E-state index in [-0.39, 0.29) is 11.4 Å². The number of nitrogens with two attached hydrogens (primary N) is 1. The fourth-order valence-electron chi connectivity index (χ4n) is 1.56. The van der Waals surface area contributed by atoms with Crippen LogP contribution in [-0.4, -0.2) is 11.2 Å². The molecule has 3 N–H and O–H groups in total. The second kappa shape index (κ2) is 5.62. The standard InChI is InChI=1S/C13H12F3N3S/c1-20-9-4-2-8(3-5-9)19-11-6-12(13(14,15)16)18-7-10(11)17/h2-7H,17H2,1H3,(H,18,19). The van der Waals surface area contributed by atoms with Gasteiger partial charge in [-0.3, -0.25) is 0 Å². The average Bonchev–Trinajstić information content (AvgIpc) is 2.41. The zero-order valence-electron chi connectivity index (χ0n) is 10.5. The zero-order valence-corrected chi connectivity index (χ0v) is 11.3. The third-order valence-electron chi connectivity index (χ3n) is 2.59. The average molecular weight is 299 g/mol. The minimum atomic E-state index is -4.49. The van der Waals surface area contributed by atoms with E-state index in [9.17, 15) is 13.2 Å². The first-order valence-electron chi connectivity index (χ1n) is 5.64. The summed E-state index contributed by atoms with van der Waals surface area (Å²) < 4.78 is 37.8. The number of alkyl halides is 3. The number of thioether (sulfide) groups is 1. The number of aromatic nitrogens is 1. The van der Waals surface area contributed by atoms with Crippen molar-refractivity contribution in [3.8, 4) is 0 Å². The van der Waals surface area contributed by atoms with Crippen molar-refractivity contribution in [3.63, 3.8) is 0 Å². The Morgan fingerprint density at radius 3 is 2.40 bits per heavy atom. The summed E-state index contributed by atoms with van der Waals surface area (Å²) in [7, 11) is 0. The van der Waals surface area contributed by atoms with E-state index in [1.54, 1.807) is 23.9 Å². The molecule has 0 aliphatic carbocycles. The van der Waals surface area contributed by atoms with E-state index in [1.807, 2.05) is 18.4 Å². The van der Waals surface area contributed by atoms with Crippen LogP contribution >= 0.6 is 11.8 Å². The van der Waals surface area contributed by atoms with Crippen LogP contribution in [0.25, 0.3) is 0 Å². The van der Waals surface area contributed by atoms with E-state index in [1.165, 1.54) is 0 Å². The summed E-state index contributed by atoms with van der Waals surface area (Å²) in [5, 5.41) is 2.86. The Labute approximate surface area is 118 Å². The van der Waals surface area contributed by atoms with E-state index in [2.05, 4.69) is 10.3 Å². The van der Waals surface area contributed by atoms with Crippen LogP contribution in [0.2, 0.25) is 0 Å². The first kappa shape index (κ1) is 14.5. The second-order valence-corrected chi connectivity index (χ2v) is 4.89. The summed E-state index contributed by atoms with van der Waals surface area (Å²) in [6.45, 7) is 0. The highest BCUT2D eigenvalue weighted by Gasteiger charge is 2.32. The summed E-state index contributed by atoms with van der Waals surface area (Å²) in [4.78, 5) is 4.35. The summed E-state index contributed by atoms with van der Waals surface area (Å²) >= 11 is 1.58. The van der Waals surface area contributed by atoms with E-state index in [4.69, 9.17) is 5.73 Å². The first-order valence-corrected chi connectivity index (χ1v) is 6.86. The Kier molecular flexibility index (Phi) is 4.08. The molecule has 0 spiro atoms. The Balaban J connectivity index is 2.27. The molecule has 0 radical (unpaired) electrons. The number of nitrogen functional groups attached to an aromatic ring is 1. The molecule has 0 aliphatic heterocycles. The highest BCUT2D eigenvalue weighted by Crippen LogP contribution is 2.32. The van der Waals surface area contributed by atoms with Crippen LogP contribution in [0.15, 0.2) is 41.4 Å². The van der Waals surface area contributed by atoms with Crippen LogP contribution in [0.1, 0.15) is 5.69 Å². The molecule has 7 heteroatoms. The van der Waals surface area contributed by atoms with Gasteiger partial charge in [-0.25, -0.2) is 4.98 Å². The molecule has 0 saturated heterocycles. The monoisotopic (exact) mass is 299 g/mol. The van der Waals surface area contributed by atoms with Crippen LogP contribution in [0.3, 0.4) is 0 Å². The molecule has 2 aromatic rings. The van der Waals surface area contributed by atoms with E-state index in [0.717, 1.165) is 17.2 Å². The third-order valence-corrected chi connectivity index (χ3v) is 3.34. The topological polar surface area (TPSA) is 50.9 Å². The van der Waals surface area contributed by atoms with Crippen molar-refractivity contribution in [1.82, 2.24) is 4.98 Å². The SMILES string of the molecule is CSc1ccc(Nc2cc(C(F)(F)F)ncc2N)cc1. The van der Waals surface area contributed by atoms with E-state index < -0.39 is 11.9 Å². The van der Waals surface area contributed by atoms with Gasteiger partial charge >= 0.3 is 6.18 Å². The summed E-state index contributed by atoms with van der Waals surface area (Å²) in [6.07, 6.45) is -1.55. The van der Waals surface area contributed by atoms with Crippen LogP contribution in [-0.2, 0) is 6.18 Å². The van der Waals surface area contributed by atoms with Gasteiger partial charge in [0, 0.05) is 10.6 Å². The molecule has 1 aromatic carbocycles. The number of anilines is 3. The third kappa shape index (κ3) is 3.36. The molecular formula is C13H12F3N3S. The van der Waals surface area contributed by atoms with Gasteiger partial charge in [-0.2, -0.15) is 13.2 Å². The molecule has 0 atom stereocenters. The summed E-state index contributed by atoms with van der Waals surface area (Å²) in [5.41, 5.74) is 5.67. The Hall–Kier alpha value is -1.89. The zero-order chi connectivity index (χ0) is 14.8. The van der Waals surface area contributed by atoms with Crippen LogP contribution in [0.5, 0.6) is 0 Å². The Bertz CT molecular complexity index is 597. The fourth-order valence-corrected chi connectivity index (χ4v) is 1.97. The maximum Gasteiger partial charge on any atom is 0.433 e. The smallest absolute Gasteiger partial charge is 0.396 e. The lowest BCUT2D eigenvalue weighted by Crippen LogP contribution is -2.09. The summed E-state index contributed by atoms with van der Waals surface area (Å²) in [6, 6.07) is 8.19. The number of pyridine rings is 1. The number of nitrogens with zero attached hydrogens (tertiary/aromatic N) is 1. The maximum absolute atomic E-state index is 12.6. The molecule has 0 bridgehead atoms. The van der Waals surface area contributed by atoms with Gasteiger partial charge in [-0.05, 0) is 36.6 Å². The van der Waals surface area contributed by atoms with Gasteiger partial charge in [0.1, 0.15) is 5.69 Å². The molecular weight excluding hydrogens is 287 g/mol. The lowest BCUT2D eigenvalue weighted by Gasteiger charge is -2.12.